The molecule has 1 heterocycles. The highest BCUT2D eigenvalue weighted by Crippen LogP contribution is 2.04. The lowest BCUT2D eigenvalue weighted by atomic mass is 10.2. The number of carbonyl (C=O) groups excluding carboxylic acids is 1. The summed E-state index contributed by atoms with van der Waals surface area (Å²) in [6.45, 7) is 4.92. The van der Waals surface area contributed by atoms with E-state index in [-0.39, 0.29) is 24.1 Å². The van der Waals surface area contributed by atoms with Gasteiger partial charge in [-0.3, -0.25) is 9.59 Å². The number of aliphatic hydroxyl groups is 1. The summed E-state index contributed by atoms with van der Waals surface area (Å²) in [7, 11) is 0. The van der Waals surface area contributed by atoms with Crippen molar-refractivity contribution in [2.75, 3.05) is 13.2 Å². The van der Waals surface area contributed by atoms with Crippen LogP contribution in [0.15, 0.2) is 29.2 Å². The van der Waals surface area contributed by atoms with Crippen molar-refractivity contribution in [3.05, 3.63) is 34.7 Å². The summed E-state index contributed by atoms with van der Waals surface area (Å²) in [6, 6.07) is 5.04. The molecule has 0 aromatic carbocycles. The SMILES string of the molecule is CC(C)N(CCCO)C(=O)CCn1ccccc1=O. The first-order valence-corrected chi connectivity index (χ1v) is 6.62. The van der Waals surface area contributed by atoms with Gasteiger partial charge in [0.05, 0.1) is 0 Å². The van der Waals surface area contributed by atoms with Crippen molar-refractivity contribution in [2.24, 2.45) is 0 Å². The lowest BCUT2D eigenvalue weighted by molar-refractivity contribution is -0.133. The van der Waals surface area contributed by atoms with Gasteiger partial charge in [0.1, 0.15) is 0 Å². The van der Waals surface area contributed by atoms with Gasteiger partial charge in [-0.1, -0.05) is 6.07 Å². The van der Waals surface area contributed by atoms with Crippen molar-refractivity contribution in [3.8, 4) is 0 Å². The molecule has 0 aliphatic heterocycles. The topological polar surface area (TPSA) is 62.5 Å². The maximum atomic E-state index is 12.1. The molecule has 0 aliphatic carbocycles. The Morgan fingerprint density at radius 1 is 1.42 bits per heavy atom. The molecule has 0 atom stereocenters. The minimum absolute atomic E-state index is 0.0132. The average molecular weight is 266 g/mol. The number of hydrogen-bond donors (Lipinski definition) is 1. The molecule has 0 saturated heterocycles. The average Bonchev–Trinajstić information content (AvgIpc) is 2.38. The van der Waals surface area contributed by atoms with E-state index in [0.29, 0.717) is 25.9 Å². The van der Waals surface area contributed by atoms with Gasteiger partial charge in [0.25, 0.3) is 5.56 Å². The molecule has 0 fully saturated rings. The van der Waals surface area contributed by atoms with E-state index in [1.165, 1.54) is 10.6 Å². The summed E-state index contributed by atoms with van der Waals surface area (Å²) in [4.78, 5) is 25.4. The second kappa shape index (κ2) is 7.74. The fourth-order valence-corrected chi connectivity index (χ4v) is 1.92. The number of aromatic nitrogens is 1. The fourth-order valence-electron chi connectivity index (χ4n) is 1.92. The van der Waals surface area contributed by atoms with E-state index in [9.17, 15) is 9.59 Å². The third kappa shape index (κ3) is 4.87. The van der Waals surface area contributed by atoms with Crippen LogP contribution >= 0.6 is 0 Å². The lowest BCUT2D eigenvalue weighted by Gasteiger charge is -2.26. The predicted octanol–water partition coefficient (Wildman–Crippen LogP) is 0.858. The van der Waals surface area contributed by atoms with Crippen LogP contribution in [0, 0.1) is 0 Å². The van der Waals surface area contributed by atoms with Gasteiger partial charge in [-0.15, -0.1) is 0 Å². The van der Waals surface area contributed by atoms with Crippen LogP contribution in [-0.4, -0.2) is 39.7 Å². The van der Waals surface area contributed by atoms with Gasteiger partial charge < -0.3 is 14.6 Å². The van der Waals surface area contributed by atoms with Crippen LogP contribution in [0.25, 0.3) is 0 Å². The Labute approximate surface area is 113 Å². The Kier molecular flexibility index (Phi) is 6.29. The molecule has 0 aliphatic rings. The number of hydrogen-bond acceptors (Lipinski definition) is 3. The fraction of sp³-hybridized carbons (Fsp3) is 0.571. The summed E-state index contributed by atoms with van der Waals surface area (Å²) in [5.41, 5.74) is -0.0956. The van der Waals surface area contributed by atoms with Gasteiger partial charge in [0.15, 0.2) is 0 Å². The first-order valence-electron chi connectivity index (χ1n) is 6.62. The van der Waals surface area contributed by atoms with Gasteiger partial charge >= 0.3 is 0 Å². The highest BCUT2D eigenvalue weighted by Gasteiger charge is 2.16. The number of carbonyl (C=O) groups is 1. The van der Waals surface area contributed by atoms with Crippen LogP contribution in [0.5, 0.6) is 0 Å². The predicted molar refractivity (Wildman–Crippen MR) is 73.9 cm³/mol. The normalized spacial score (nSPS) is 10.7. The van der Waals surface area contributed by atoms with Crippen molar-refractivity contribution >= 4 is 5.91 Å². The minimum Gasteiger partial charge on any atom is -0.396 e. The van der Waals surface area contributed by atoms with Crippen LogP contribution < -0.4 is 5.56 Å². The molecule has 5 heteroatoms. The molecule has 0 bridgehead atoms. The van der Waals surface area contributed by atoms with Crippen LogP contribution in [0.4, 0.5) is 0 Å². The number of aliphatic hydroxyl groups excluding tert-OH is 1. The van der Waals surface area contributed by atoms with E-state index in [1.54, 1.807) is 23.2 Å². The molecule has 0 spiro atoms. The van der Waals surface area contributed by atoms with Crippen LogP contribution in [0.2, 0.25) is 0 Å². The van der Waals surface area contributed by atoms with Gasteiger partial charge in [0, 0.05) is 44.4 Å². The van der Waals surface area contributed by atoms with Crippen molar-refractivity contribution < 1.29 is 9.90 Å². The quantitative estimate of drug-likeness (QED) is 0.796. The first-order chi connectivity index (χ1) is 9.06. The molecule has 1 aromatic heterocycles. The molecule has 106 valence electrons. The number of nitrogens with zero attached hydrogens (tertiary/aromatic N) is 2. The Morgan fingerprint density at radius 2 is 2.16 bits per heavy atom. The lowest BCUT2D eigenvalue weighted by Crippen LogP contribution is -2.38. The number of amides is 1. The highest BCUT2D eigenvalue weighted by atomic mass is 16.3. The molecule has 0 radical (unpaired) electrons. The van der Waals surface area contributed by atoms with Crippen LogP contribution in [-0.2, 0) is 11.3 Å². The molecule has 1 amide bonds. The molecular formula is C14H22N2O3. The molecule has 0 saturated carbocycles. The summed E-state index contributed by atoms with van der Waals surface area (Å²) in [5, 5.41) is 8.84. The van der Waals surface area contributed by atoms with Crippen molar-refractivity contribution in [3.63, 3.8) is 0 Å². The van der Waals surface area contributed by atoms with Crippen molar-refractivity contribution in [2.45, 2.75) is 39.3 Å². The largest absolute Gasteiger partial charge is 0.396 e. The maximum Gasteiger partial charge on any atom is 0.250 e. The number of aryl methyl sites for hydroxylation is 1. The molecule has 1 rings (SSSR count). The monoisotopic (exact) mass is 266 g/mol. The Balaban J connectivity index is 2.57. The van der Waals surface area contributed by atoms with E-state index in [2.05, 4.69) is 0 Å². The maximum absolute atomic E-state index is 12.1. The van der Waals surface area contributed by atoms with E-state index < -0.39 is 0 Å². The molecule has 1 N–H and O–H groups in total. The van der Waals surface area contributed by atoms with Gasteiger partial charge in [-0.2, -0.15) is 0 Å². The van der Waals surface area contributed by atoms with E-state index in [1.807, 2.05) is 13.8 Å². The molecular weight excluding hydrogens is 244 g/mol. The molecule has 5 nitrogen and oxygen atoms in total. The zero-order chi connectivity index (χ0) is 14.3. The van der Waals surface area contributed by atoms with E-state index >= 15 is 0 Å². The smallest absolute Gasteiger partial charge is 0.250 e. The summed E-state index contributed by atoms with van der Waals surface area (Å²) in [6.07, 6.45) is 2.56. The molecule has 1 aromatic rings. The Bertz CT molecular complexity index is 454. The number of rotatable bonds is 7. The third-order valence-corrected chi connectivity index (χ3v) is 2.97. The zero-order valence-corrected chi connectivity index (χ0v) is 11.6. The Morgan fingerprint density at radius 3 is 2.74 bits per heavy atom. The Hall–Kier alpha value is -1.62. The minimum atomic E-state index is -0.0956. The van der Waals surface area contributed by atoms with Gasteiger partial charge in [-0.05, 0) is 26.3 Å². The molecule has 19 heavy (non-hydrogen) atoms. The second-order valence-electron chi connectivity index (χ2n) is 4.74. The summed E-state index contributed by atoms with van der Waals surface area (Å²) >= 11 is 0. The van der Waals surface area contributed by atoms with Crippen LogP contribution in [0.3, 0.4) is 0 Å². The highest BCUT2D eigenvalue weighted by molar-refractivity contribution is 5.76. The van der Waals surface area contributed by atoms with E-state index in [0.717, 1.165) is 0 Å². The first kappa shape index (κ1) is 15.4. The van der Waals surface area contributed by atoms with Crippen molar-refractivity contribution in [1.29, 1.82) is 0 Å². The zero-order valence-electron chi connectivity index (χ0n) is 11.6. The second-order valence-corrected chi connectivity index (χ2v) is 4.74. The summed E-state index contributed by atoms with van der Waals surface area (Å²) in [5.74, 6) is 0.0132. The third-order valence-electron chi connectivity index (χ3n) is 2.97. The molecule has 0 unspecified atom stereocenters. The van der Waals surface area contributed by atoms with Gasteiger partial charge in [0.2, 0.25) is 5.91 Å². The van der Waals surface area contributed by atoms with Crippen LogP contribution in [0.1, 0.15) is 26.7 Å². The summed E-state index contributed by atoms with van der Waals surface area (Å²) < 4.78 is 1.53. The van der Waals surface area contributed by atoms with Crippen molar-refractivity contribution in [1.82, 2.24) is 9.47 Å². The van der Waals surface area contributed by atoms with E-state index in [4.69, 9.17) is 5.11 Å². The van der Waals surface area contributed by atoms with Gasteiger partial charge in [-0.25, -0.2) is 0 Å². The number of pyridine rings is 1. The standard InChI is InChI=1S/C14H22N2O3/c1-12(2)16(9-5-11-17)14(19)7-10-15-8-4-3-6-13(15)18/h3-4,6,8,12,17H,5,7,9-11H2,1-2H3.